The van der Waals surface area contributed by atoms with Gasteiger partial charge < -0.3 is 14.8 Å². The Balaban J connectivity index is 2.18. The number of rotatable bonds is 6. The zero-order chi connectivity index (χ0) is 15.1. The first kappa shape index (κ1) is 14.9. The summed E-state index contributed by atoms with van der Waals surface area (Å²) in [4.78, 5) is 11.7. The maximum atomic E-state index is 11.7. The highest BCUT2D eigenvalue weighted by atomic mass is 16.5. The summed E-state index contributed by atoms with van der Waals surface area (Å²) < 4.78 is 10.6. The minimum atomic E-state index is -0.393. The molecule has 110 valence electrons. The van der Waals surface area contributed by atoms with Crippen LogP contribution in [0.2, 0.25) is 0 Å². The summed E-state index contributed by atoms with van der Waals surface area (Å²) in [6.45, 7) is 1.93. The van der Waals surface area contributed by atoms with Crippen LogP contribution in [0.15, 0.2) is 54.6 Å². The number of benzene rings is 2. The Morgan fingerprint density at radius 3 is 2.43 bits per heavy atom. The first-order valence-corrected chi connectivity index (χ1v) is 6.91. The summed E-state index contributed by atoms with van der Waals surface area (Å²) in [7, 11) is 1.39. The molecule has 0 fully saturated rings. The molecule has 0 aliphatic carbocycles. The molecule has 0 aliphatic heterocycles. The van der Waals surface area contributed by atoms with Gasteiger partial charge in [-0.3, -0.25) is 0 Å². The normalized spacial score (nSPS) is 11.5. The van der Waals surface area contributed by atoms with Crippen molar-refractivity contribution in [2.45, 2.75) is 19.4 Å². The van der Waals surface area contributed by atoms with E-state index < -0.39 is 6.04 Å². The van der Waals surface area contributed by atoms with Crippen LogP contribution in [0.25, 0.3) is 0 Å². The monoisotopic (exact) mass is 285 g/mol. The molecule has 0 saturated heterocycles. The quantitative estimate of drug-likeness (QED) is 0.819. The average Bonchev–Trinajstić information content (AvgIpc) is 2.54. The van der Waals surface area contributed by atoms with Gasteiger partial charge in [-0.05, 0) is 30.7 Å². The highest BCUT2D eigenvalue weighted by Gasteiger charge is 2.18. The van der Waals surface area contributed by atoms with E-state index in [-0.39, 0.29) is 5.97 Å². The van der Waals surface area contributed by atoms with Gasteiger partial charge in [0, 0.05) is 0 Å². The van der Waals surface area contributed by atoms with Gasteiger partial charge in [-0.2, -0.15) is 0 Å². The third-order valence-corrected chi connectivity index (χ3v) is 3.08. The molecule has 2 rings (SSSR count). The Bertz CT molecular complexity index is 584. The Labute approximate surface area is 124 Å². The number of hydrogen-bond donors (Lipinski definition) is 1. The lowest BCUT2D eigenvalue weighted by molar-refractivity contribution is -0.141. The number of carbonyl (C=O) groups excluding carboxylic acids is 1. The minimum absolute atomic E-state index is 0.285. The molecule has 1 atom stereocenters. The van der Waals surface area contributed by atoms with Gasteiger partial charge in [0.2, 0.25) is 0 Å². The Morgan fingerprint density at radius 1 is 1.10 bits per heavy atom. The molecule has 0 spiro atoms. The second-order valence-electron chi connectivity index (χ2n) is 4.54. The number of ether oxygens (including phenoxy) is 2. The number of methoxy groups -OCH3 is 1. The zero-order valence-electron chi connectivity index (χ0n) is 12.2. The Hall–Kier alpha value is -2.49. The van der Waals surface area contributed by atoms with Crippen molar-refractivity contribution in [2.24, 2.45) is 0 Å². The molecule has 0 bridgehead atoms. The largest absolute Gasteiger partial charge is 0.467 e. The molecule has 21 heavy (non-hydrogen) atoms. The van der Waals surface area contributed by atoms with Crippen LogP contribution >= 0.6 is 0 Å². The van der Waals surface area contributed by atoms with Gasteiger partial charge in [0.05, 0.1) is 12.8 Å². The summed E-state index contributed by atoms with van der Waals surface area (Å²) in [5.41, 5.74) is 0.763. The molecule has 0 saturated carbocycles. The lowest BCUT2D eigenvalue weighted by atomic mass is 10.2. The highest BCUT2D eigenvalue weighted by Crippen LogP contribution is 2.29. The topological polar surface area (TPSA) is 47.6 Å². The zero-order valence-corrected chi connectivity index (χ0v) is 12.2. The fourth-order valence-corrected chi connectivity index (χ4v) is 1.95. The van der Waals surface area contributed by atoms with Gasteiger partial charge in [-0.15, -0.1) is 0 Å². The molecule has 0 amide bonds. The second kappa shape index (κ2) is 7.33. The molecule has 0 aromatic heterocycles. The van der Waals surface area contributed by atoms with Gasteiger partial charge >= 0.3 is 5.97 Å². The first-order chi connectivity index (χ1) is 10.2. The molecule has 1 unspecified atom stereocenters. The predicted molar refractivity (Wildman–Crippen MR) is 82.7 cm³/mol. The Kier molecular flexibility index (Phi) is 5.21. The standard InChI is InChI=1S/C17H19NO3/c1-3-14(17(19)20-2)18-15-11-7-8-12-16(15)21-13-9-5-4-6-10-13/h4-12,14,18H,3H2,1-2H3. The first-order valence-electron chi connectivity index (χ1n) is 6.91. The number of esters is 1. The lowest BCUT2D eigenvalue weighted by Gasteiger charge is -2.18. The van der Waals surface area contributed by atoms with E-state index in [0.717, 1.165) is 11.4 Å². The molecule has 4 nitrogen and oxygen atoms in total. The SMILES string of the molecule is CCC(Nc1ccccc1Oc1ccccc1)C(=O)OC. The van der Waals surface area contributed by atoms with Crippen molar-refractivity contribution in [1.82, 2.24) is 0 Å². The molecule has 2 aromatic carbocycles. The fourth-order valence-electron chi connectivity index (χ4n) is 1.95. The van der Waals surface area contributed by atoms with Gasteiger partial charge in [-0.1, -0.05) is 37.3 Å². The molecular formula is C17H19NO3. The number of anilines is 1. The lowest BCUT2D eigenvalue weighted by Crippen LogP contribution is -2.29. The molecule has 2 aromatic rings. The van der Waals surface area contributed by atoms with Crippen LogP contribution in [0, 0.1) is 0 Å². The minimum Gasteiger partial charge on any atom is -0.467 e. The summed E-state index contributed by atoms with van der Waals surface area (Å²) >= 11 is 0. The van der Waals surface area contributed by atoms with Crippen LogP contribution in [-0.2, 0) is 9.53 Å². The third-order valence-electron chi connectivity index (χ3n) is 3.08. The van der Waals surface area contributed by atoms with Crippen LogP contribution < -0.4 is 10.1 Å². The molecule has 0 radical (unpaired) electrons. The van der Waals surface area contributed by atoms with Crippen LogP contribution in [0.4, 0.5) is 5.69 Å². The van der Waals surface area contributed by atoms with Gasteiger partial charge in [0.25, 0.3) is 0 Å². The molecule has 0 aliphatic rings. The average molecular weight is 285 g/mol. The van der Waals surface area contributed by atoms with Crippen molar-refractivity contribution >= 4 is 11.7 Å². The second-order valence-corrected chi connectivity index (χ2v) is 4.54. The van der Waals surface area contributed by atoms with Crippen molar-refractivity contribution in [3.63, 3.8) is 0 Å². The van der Waals surface area contributed by atoms with Crippen molar-refractivity contribution in [3.05, 3.63) is 54.6 Å². The third kappa shape index (κ3) is 3.99. The van der Waals surface area contributed by atoms with Crippen LogP contribution in [-0.4, -0.2) is 19.1 Å². The fraction of sp³-hybridized carbons (Fsp3) is 0.235. The molecular weight excluding hydrogens is 266 g/mol. The summed E-state index contributed by atoms with van der Waals surface area (Å²) in [5, 5.41) is 3.17. The van der Waals surface area contributed by atoms with Gasteiger partial charge in [0.1, 0.15) is 11.8 Å². The van der Waals surface area contributed by atoms with E-state index in [2.05, 4.69) is 5.32 Å². The smallest absolute Gasteiger partial charge is 0.328 e. The van der Waals surface area contributed by atoms with E-state index in [1.54, 1.807) is 0 Å². The summed E-state index contributed by atoms with van der Waals surface area (Å²) in [6, 6.07) is 16.7. The number of nitrogens with one attached hydrogen (secondary N) is 1. The van der Waals surface area contributed by atoms with E-state index in [9.17, 15) is 4.79 Å². The summed E-state index contributed by atoms with van der Waals surface area (Å²) in [5.74, 6) is 1.14. The maximum absolute atomic E-state index is 11.7. The number of hydrogen-bond acceptors (Lipinski definition) is 4. The van der Waals surface area contributed by atoms with E-state index in [0.29, 0.717) is 12.2 Å². The van der Waals surface area contributed by atoms with E-state index >= 15 is 0 Å². The van der Waals surface area contributed by atoms with E-state index in [4.69, 9.17) is 9.47 Å². The Morgan fingerprint density at radius 2 is 1.76 bits per heavy atom. The van der Waals surface area contributed by atoms with Crippen molar-refractivity contribution in [2.75, 3.05) is 12.4 Å². The summed E-state index contributed by atoms with van der Waals surface area (Å²) in [6.07, 6.45) is 0.631. The highest BCUT2D eigenvalue weighted by molar-refractivity contribution is 5.80. The van der Waals surface area contributed by atoms with E-state index in [1.165, 1.54) is 7.11 Å². The van der Waals surface area contributed by atoms with Crippen molar-refractivity contribution in [3.8, 4) is 11.5 Å². The van der Waals surface area contributed by atoms with Crippen molar-refractivity contribution in [1.29, 1.82) is 0 Å². The van der Waals surface area contributed by atoms with Gasteiger partial charge in [0.15, 0.2) is 5.75 Å². The van der Waals surface area contributed by atoms with E-state index in [1.807, 2.05) is 61.5 Å². The van der Waals surface area contributed by atoms with Crippen LogP contribution in [0.5, 0.6) is 11.5 Å². The number of para-hydroxylation sites is 3. The van der Waals surface area contributed by atoms with Gasteiger partial charge in [-0.25, -0.2) is 4.79 Å². The maximum Gasteiger partial charge on any atom is 0.328 e. The predicted octanol–water partition coefficient (Wildman–Crippen LogP) is 3.84. The molecule has 0 heterocycles. The van der Waals surface area contributed by atoms with Crippen LogP contribution in [0.1, 0.15) is 13.3 Å². The molecule has 4 heteroatoms. The van der Waals surface area contributed by atoms with Crippen LogP contribution in [0.3, 0.4) is 0 Å². The molecule has 1 N–H and O–H groups in total. The van der Waals surface area contributed by atoms with Crippen molar-refractivity contribution < 1.29 is 14.3 Å². The number of carbonyl (C=O) groups is 1.